The number of hydrogen-bond donors (Lipinski definition) is 2. The Hall–Kier alpha value is -0.520. The zero-order chi connectivity index (χ0) is 12.1. The average molecular weight is 285 g/mol. The number of halogens is 1. The van der Waals surface area contributed by atoms with E-state index in [2.05, 4.69) is 22.3 Å². The van der Waals surface area contributed by atoms with Gasteiger partial charge in [0.2, 0.25) is 0 Å². The fourth-order valence-corrected chi connectivity index (χ4v) is 3.48. The van der Waals surface area contributed by atoms with Gasteiger partial charge in [-0.25, -0.2) is 0 Å². The first-order chi connectivity index (χ1) is 8.31. The highest BCUT2D eigenvalue weighted by Gasteiger charge is 2.11. The maximum atomic E-state index is 6.11. The fraction of sp³-hybridized carbons (Fsp3) is 0.167. The lowest BCUT2D eigenvalue weighted by molar-refractivity contribution is 0.612. The number of benzene rings is 1. The summed E-state index contributed by atoms with van der Waals surface area (Å²) in [6.07, 6.45) is 0. The minimum absolute atomic E-state index is 0.155. The zero-order valence-corrected chi connectivity index (χ0v) is 11.5. The molecule has 0 bridgehead atoms. The predicted octanol–water partition coefficient (Wildman–Crippen LogP) is 3.70. The summed E-state index contributed by atoms with van der Waals surface area (Å²) in [5.74, 6) is 6.43. The van der Waals surface area contributed by atoms with Crippen molar-refractivity contribution in [3.8, 4) is 0 Å². The van der Waals surface area contributed by atoms with Crippen LogP contribution in [-0.4, -0.2) is 5.75 Å². The summed E-state index contributed by atoms with van der Waals surface area (Å²) in [6.45, 7) is 0. The molecule has 0 spiro atoms. The maximum Gasteiger partial charge on any atom is 0.0562 e. The molecule has 0 amide bonds. The molecule has 0 radical (unpaired) electrons. The van der Waals surface area contributed by atoms with Crippen molar-refractivity contribution in [3.05, 3.63) is 51.7 Å². The molecule has 0 saturated heterocycles. The molecule has 5 heteroatoms. The standard InChI is InChI=1S/C12H13ClN2S2/c13-10-3-1-2-4-12(10)17-8-11(15-14)9-5-6-16-7-9/h1-7,11,15H,8,14H2. The largest absolute Gasteiger partial charge is 0.271 e. The third-order valence-corrected chi connectivity index (χ3v) is 4.70. The molecule has 1 unspecified atom stereocenters. The Bertz CT molecular complexity index is 459. The van der Waals surface area contributed by atoms with Gasteiger partial charge < -0.3 is 0 Å². The molecule has 0 aliphatic carbocycles. The second-order valence-electron chi connectivity index (χ2n) is 3.52. The zero-order valence-electron chi connectivity index (χ0n) is 9.10. The lowest BCUT2D eigenvalue weighted by Crippen LogP contribution is -2.29. The van der Waals surface area contributed by atoms with Gasteiger partial charge >= 0.3 is 0 Å². The number of thioether (sulfide) groups is 1. The van der Waals surface area contributed by atoms with Crippen LogP contribution in [0.4, 0.5) is 0 Å². The number of hydrazine groups is 1. The number of nitrogens with two attached hydrogens (primary N) is 1. The van der Waals surface area contributed by atoms with Crippen molar-refractivity contribution < 1.29 is 0 Å². The Balaban J connectivity index is 2.00. The van der Waals surface area contributed by atoms with Gasteiger partial charge in [-0.15, -0.1) is 11.8 Å². The second kappa shape index (κ2) is 6.42. The fourth-order valence-electron chi connectivity index (χ4n) is 1.45. The highest BCUT2D eigenvalue weighted by atomic mass is 35.5. The van der Waals surface area contributed by atoms with E-state index < -0.39 is 0 Å². The molecule has 1 aromatic carbocycles. The summed E-state index contributed by atoms with van der Waals surface area (Å²) in [5.41, 5.74) is 4.06. The summed E-state index contributed by atoms with van der Waals surface area (Å²) >= 11 is 9.49. The van der Waals surface area contributed by atoms with Crippen molar-refractivity contribution in [2.75, 3.05) is 5.75 Å². The number of thiophene rings is 1. The van der Waals surface area contributed by atoms with E-state index in [0.717, 1.165) is 15.7 Å². The minimum atomic E-state index is 0.155. The molecule has 1 atom stereocenters. The molecule has 0 aliphatic heterocycles. The van der Waals surface area contributed by atoms with E-state index in [4.69, 9.17) is 17.4 Å². The number of rotatable bonds is 5. The van der Waals surface area contributed by atoms with Crippen molar-refractivity contribution in [3.63, 3.8) is 0 Å². The molecule has 1 heterocycles. The number of hydrogen-bond acceptors (Lipinski definition) is 4. The van der Waals surface area contributed by atoms with Gasteiger partial charge in [-0.3, -0.25) is 11.3 Å². The van der Waals surface area contributed by atoms with Crippen molar-refractivity contribution in [2.24, 2.45) is 5.84 Å². The Kier molecular flexibility index (Phi) is 4.88. The van der Waals surface area contributed by atoms with Crippen molar-refractivity contribution in [2.45, 2.75) is 10.9 Å². The second-order valence-corrected chi connectivity index (χ2v) is 5.77. The normalized spacial score (nSPS) is 12.6. The van der Waals surface area contributed by atoms with Gasteiger partial charge in [-0.2, -0.15) is 11.3 Å². The highest BCUT2D eigenvalue weighted by Crippen LogP contribution is 2.30. The molecule has 17 heavy (non-hydrogen) atoms. The lowest BCUT2D eigenvalue weighted by atomic mass is 10.2. The monoisotopic (exact) mass is 284 g/mol. The van der Waals surface area contributed by atoms with Gasteiger partial charge in [0.25, 0.3) is 0 Å². The van der Waals surface area contributed by atoms with Crippen molar-refractivity contribution in [1.82, 2.24) is 5.43 Å². The smallest absolute Gasteiger partial charge is 0.0562 e. The van der Waals surface area contributed by atoms with Crippen LogP contribution in [0.2, 0.25) is 5.02 Å². The van der Waals surface area contributed by atoms with Crippen molar-refractivity contribution >= 4 is 34.7 Å². The SMILES string of the molecule is NNC(CSc1ccccc1Cl)c1ccsc1. The van der Waals surface area contributed by atoms with E-state index in [-0.39, 0.29) is 6.04 Å². The van der Waals surface area contributed by atoms with Crippen LogP contribution in [0, 0.1) is 0 Å². The number of nitrogens with one attached hydrogen (secondary N) is 1. The van der Waals surface area contributed by atoms with E-state index >= 15 is 0 Å². The summed E-state index contributed by atoms with van der Waals surface area (Å²) < 4.78 is 0. The quantitative estimate of drug-likeness (QED) is 0.499. The van der Waals surface area contributed by atoms with Gasteiger partial charge in [0.1, 0.15) is 0 Å². The van der Waals surface area contributed by atoms with Crippen molar-refractivity contribution in [1.29, 1.82) is 0 Å². The molecule has 0 fully saturated rings. The molecule has 0 saturated carbocycles. The van der Waals surface area contributed by atoms with Gasteiger partial charge in [-0.1, -0.05) is 23.7 Å². The average Bonchev–Trinajstić information content (AvgIpc) is 2.86. The molecule has 90 valence electrons. The van der Waals surface area contributed by atoms with E-state index in [9.17, 15) is 0 Å². The van der Waals surface area contributed by atoms with Gasteiger partial charge in [0.05, 0.1) is 11.1 Å². The first-order valence-electron chi connectivity index (χ1n) is 5.17. The summed E-state index contributed by atoms with van der Waals surface area (Å²) in [6, 6.07) is 10.1. The molecule has 2 nitrogen and oxygen atoms in total. The molecule has 1 aromatic heterocycles. The Morgan fingerprint density at radius 3 is 2.82 bits per heavy atom. The van der Waals surface area contributed by atoms with Crippen LogP contribution < -0.4 is 11.3 Å². The Morgan fingerprint density at radius 1 is 1.35 bits per heavy atom. The lowest BCUT2D eigenvalue weighted by Gasteiger charge is -2.14. The van der Waals surface area contributed by atoms with E-state index in [1.54, 1.807) is 23.1 Å². The molecule has 2 rings (SSSR count). The molecule has 2 aromatic rings. The van der Waals surface area contributed by atoms with Crippen LogP contribution >= 0.6 is 34.7 Å². The van der Waals surface area contributed by atoms with E-state index in [1.807, 2.05) is 24.3 Å². The van der Waals surface area contributed by atoms with Gasteiger partial charge in [-0.05, 0) is 34.5 Å². The third kappa shape index (κ3) is 3.47. The summed E-state index contributed by atoms with van der Waals surface area (Å²) in [5, 5.41) is 4.95. The molecular formula is C12H13ClN2S2. The van der Waals surface area contributed by atoms with Crippen LogP contribution in [0.15, 0.2) is 46.0 Å². The van der Waals surface area contributed by atoms with Crippen LogP contribution in [0.5, 0.6) is 0 Å². The topological polar surface area (TPSA) is 38.0 Å². The molecule has 3 N–H and O–H groups in total. The molecule has 0 aliphatic rings. The first-order valence-corrected chi connectivity index (χ1v) is 7.47. The summed E-state index contributed by atoms with van der Waals surface area (Å²) in [4.78, 5) is 1.09. The van der Waals surface area contributed by atoms with Crippen LogP contribution in [-0.2, 0) is 0 Å². The maximum absolute atomic E-state index is 6.11. The van der Waals surface area contributed by atoms with Crippen LogP contribution in [0.3, 0.4) is 0 Å². The third-order valence-electron chi connectivity index (χ3n) is 2.39. The predicted molar refractivity (Wildman–Crippen MR) is 76.6 cm³/mol. The molecular weight excluding hydrogens is 272 g/mol. The first kappa shape index (κ1) is 12.9. The van der Waals surface area contributed by atoms with Crippen LogP contribution in [0.25, 0.3) is 0 Å². The summed E-state index contributed by atoms with van der Waals surface area (Å²) in [7, 11) is 0. The van der Waals surface area contributed by atoms with Crippen LogP contribution in [0.1, 0.15) is 11.6 Å². The Labute approximate surface area is 114 Å². The minimum Gasteiger partial charge on any atom is -0.271 e. The van der Waals surface area contributed by atoms with Gasteiger partial charge in [0, 0.05) is 10.6 Å². The van der Waals surface area contributed by atoms with E-state index in [0.29, 0.717) is 0 Å². The van der Waals surface area contributed by atoms with Gasteiger partial charge in [0.15, 0.2) is 0 Å². The Morgan fingerprint density at radius 2 is 2.18 bits per heavy atom. The van der Waals surface area contributed by atoms with E-state index in [1.165, 1.54) is 5.56 Å². The highest BCUT2D eigenvalue weighted by molar-refractivity contribution is 7.99.